The molecule has 0 saturated heterocycles. The van der Waals surface area contributed by atoms with E-state index in [1.165, 1.54) is 50.5 Å². The minimum atomic E-state index is 0.725. The topological polar surface area (TPSA) is 35.0 Å². The molecule has 3 rings (SSSR count). The van der Waals surface area contributed by atoms with E-state index in [9.17, 15) is 0 Å². The molecular weight excluding hydrogens is 416 g/mol. The number of aromatic nitrogens is 2. The van der Waals surface area contributed by atoms with E-state index in [2.05, 4.69) is 61.1 Å². The second-order valence-electron chi connectivity index (χ2n) is 9.26. The Morgan fingerprint density at radius 1 is 0.794 bits per heavy atom. The summed E-state index contributed by atoms with van der Waals surface area (Å²) < 4.78 is 5.71. The highest BCUT2D eigenvalue weighted by Crippen LogP contribution is 2.23. The fraction of sp³-hybridized carbons (Fsp3) is 0.419. The van der Waals surface area contributed by atoms with Gasteiger partial charge in [-0.1, -0.05) is 77.1 Å². The fourth-order valence-electron chi connectivity index (χ4n) is 3.92. The number of benzene rings is 2. The first-order chi connectivity index (χ1) is 16.7. The van der Waals surface area contributed by atoms with Gasteiger partial charge in [-0.3, -0.25) is 0 Å². The van der Waals surface area contributed by atoms with Crippen molar-refractivity contribution in [2.45, 2.75) is 78.6 Å². The third-order valence-electron chi connectivity index (χ3n) is 6.44. The molecule has 0 fully saturated rings. The number of hydrogen-bond acceptors (Lipinski definition) is 3. The van der Waals surface area contributed by atoms with E-state index in [4.69, 9.17) is 4.74 Å². The number of rotatable bonds is 14. The van der Waals surface area contributed by atoms with E-state index in [0.29, 0.717) is 0 Å². The molecule has 0 spiro atoms. The Morgan fingerprint density at radius 2 is 1.50 bits per heavy atom. The Balaban J connectivity index is 1.50. The molecule has 0 bridgehead atoms. The van der Waals surface area contributed by atoms with Crippen LogP contribution >= 0.6 is 0 Å². The van der Waals surface area contributed by atoms with Crippen molar-refractivity contribution >= 4 is 0 Å². The summed E-state index contributed by atoms with van der Waals surface area (Å²) in [5.74, 6) is 2.37. The van der Waals surface area contributed by atoms with E-state index in [0.717, 1.165) is 47.0 Å². The summed E-state index contributed by atoms with van der Waals surface area (Å²) in [5, 5.41) is 0. The summed E-state index contributed by atoms with van der Waals surface area (Å²) in [6.07, 6.45) is 18.8. The lowest BCUT2D eigenvalue weighted by Gasteiger charge is -2.08. The molecule has 34 heavy (non-hydrogen) atoms. The van der Waals surface area contributed by atoms with Gasteiger partial charge in [-0.15, -0.1) is 0 Å². The van der Waals surface area contributed by atoms with Gasteiger partial charge in [0.05, 0.1) is 6.26 Å². The Bertz CT molecular complexity index is 975. The molecule has 0 amide bonds. The number of hydrogen-bond donors (Lipinski definition) is 0. The van der Waals surface area contributed by atoms with Crippen LogP contribution in [0.25, 0.3) is 22.5 Å². The van der Waals surface area contributed by atoms with Crippen LogP contribution in [0.15, 0.2) is 73.3 Å². The first-order valence-corrected chi connectivity index (χ1v) is 13.0. The van der Waals surface area contributed by atoms with Crippen LogP contribution in [0.5, 0.6) is 5.75 Å². The minimum Gasteiger partial charge on any atom is -0.465 e. The molecule has 0 aliphatic carbocycles. The van der Waals surface area contributed by atoms with E-state index in [1.54, 1.807) is 6.26 Å². The first kappa shape index (κ1) is 25.7. The maximum Gasteiger partial charge on any atom is 0.159 e. The number of unbranched alkanes of at least 4 members (excludes halogenated alkanes) is 4. The Morgan fingerprint density at radius 3 is 2.18 bits per heavy atom. The summed E-state index contributed by atoms with van der Waals surface area (Å²) in [5.41, 5.74) is 4.58. The van der Waals surface area contributed by atoms with Crippen LogP contribution in [-0.4, -0.2) is 9.97 Å². The second-order valence-corrected chi connectivity index (χ2v) is 9.26. The SMILES string of the molecule is CCCCCCC=COc1ccc(-c2ncc(-c3ccc(CCCC(C)CC)cc3)cn2)cc1. The average Bonchev–Trinajstić information content (AvgIpc) is 2.89. The first-order valence-electron chi connectivity index (χ1n) is 13.0. The lowest BCUT2D eigenvalue weighted by Crippen LogP contribution is -1.94. The van der Waals surface area contributed by atoms with Gasteiger partial charge in [-0.25, -0.2) is 9.97 Å². The van der Waals surface area contributed by atoms with Gasteiger partial charge in [0.15, 0.2) is 5.82 Å². The zero-order valence-corrected chi connectivity index (χ0v) is 21.2. The van der Waals surface area contributed by atoms with Crippen molar-refractivity contribution in [1.29, 1.82) is 0 Å². The van der Waals surface area contributed by atoms with E-state index in [-0.39, 0.29) is 0 Å². The quantitative estimate of drug-likeness (QED) is 0.179. The number of aryl methyl sites for hydroxylation is 1. The molecule has 1 atom stereocenters. The molecule has 1 heterocycles. The molecule has 0 N–H and O–H groups in total. The summed E-state index contributed by atoms with van der Waals surface area (Å²) in [6, 6.07) is 16.8. The van der Waals surface area contributed by atoms with Crippen LogP contribution in [-0.2, 0) is 6.42 Å². The van der Waals surface area contributed by atoms with Crippen molar-refractivity contribution in [1.82, 2.24) is 9.97 Å². The molecule has 0 saturated carbocycles. The maximum absolute atomic E-state index is 5.71. The van der Waals surface area contributed by atoms with Gasteiger partial charge in [-0.05, 0) is 73.1 Å². The molecular formula is C31H40N2O. The smallest absolute Gasteiger partial charge is 0.159 e. The van der Waals surface area contributed by atoms with Gasteiger partial charge in [0, 0.05) is 23.5 Å². The lowest BCUT2D eigenvalue weighted by atomic mass is 9.98. The highest BCUT2D eigenvalue weighted by molar-refractivity contribution is 5.64. The summed E-state index contributed by atoms with van der Waals surface area (Å²) >= 11 is 0. The average molecular weight is 457 g/mol. The van der Waals surface area contributed by atoms with Crippen LogP contribution in [0.1, 0.15) is 77.7 Å². The summed E-state index contributed by atoms with van der Waals surface area (Å²) in [4.78, 5) is 9.20. The third-order valence-corrected chi connectivity index (χ3v) is 6.44. The monoisotopic (exact) mass is 456 g/mol. The van der Waals surface area contributed by atoms with Crippen molar-refractivity contribution in [3.8, 4) is 28.3 Å². The number of ether oxygens (including phenoxy) is 1. The zero-order chi connectivity index (χ0) is 24.0. The Hall–Kier alpha value is -2.94. The lowest BCUT2D eigenvalue weighted by molar-refractivity contribution is 0.477. The van der Waals surface area contributed by atoms with Gasteiger partial charge < -0.3 is 4.74 Å². The molecule has 1 unspecified atom stereocenters. The van der Waals surface area contributed by atoms with Gasteiger partial charge in [0.1, 0.15) is 5.75 Å². The zero-order valence-electron chi connectivity index (χ0n) is 21.2. The predicted octanol–water partition coefficient (Wildman–Crippen LogP) is 9.04. The maximum atomic E-state index is 5.71. The van der Waals surface area contributed by atoms with Crippen LogP contribution in [0.3, 0.4) is 0 Å². The van der Waals surface area contributed by atoms with Crippen molar-refractivity contribution < 1.29 is 4.74 Å². The highest BCUT2D eigenvalue weighted by atomic mass is 16.5. The van der Waals surface area contributed by atoms with Crippen LogP contribution < -0.4 is 4.74 Å². The van der Waals surface area contributed by atoms with Crippen molar-refractivity contribution in [3.63, 3.8) is 0 Å². The largest absolute Gasteiger partial charge is 0.465 e. The molecule has 3 aromatic rings. The van der Waals surface area contributed by atoms with Crippen LogP contribution in [0.2, 0.25) is 0 Å². The summed E-state index contributed by atoms with van der Waals surface area (Å²) in [6.45, 7) is 6.84. The highest BCUT2D eigenvalue weighted by Gasteiger charge is 2.05. The molecule has 0 radical (unpaired) electrons. The Kier molecular flexibility index (Phi) is 10.8. The van der Waals surface area contributed by atoms with Crippen molar-refractivity contribution in [2.75, 3.05) is 0 Å². The second kappa shape index (κ2) is 14.3. The molecule has 3 nitrogen and oxygen atoms in total. The van der Waals surface area contributed by atoms with Crippen LogP contribution in [0, 0.1) is 5.92 Å². The van der Waals surface area contributed by atoms with Crippen LogP contribution in [0.4, 0.5) is 0 Å². The number of nitrogens with zero attached hydrogens (tertiary/aromatic N) is 2. The molecule has 1 aromatic heterocycles. The normalized spacial score (nSPS) is 12.2. The Labute approximate surface area is 206 Å². The summed E-state index contributed by atoms with van der Waals surface area (Å²) in [7, 11) is 0. The standard InChI is InChI=1S/C31H40N2O/c1-4-6-7-8-9-10-22-34-30-20-18-28(19-21-30)31-32-23-29(24-33-31)27-16-14-26(15-17-27)13-11-12-25(3)5-2/h10,14-25H,4-9,11-13H2,1-3H3. The molecule has 180 valence electrons. The van der Waals surface area contributed by atoms with Gasteiger partial charge >= 0.3 is 0 Å². The molecule has 3 heteroatoms. The fourth-order valence-corrected chi connectivity index (χ4v) is 3.92. The van der Waals surface area contributed by atoms with E-state index < -0.39 is 0 Å². The predicted molar refractivity (Wildman–Crippen MR) is 144 cm³/mol. The molecule has 0 aliphatic rings. The number of allylic oxidation sites excluding steroid dienone is 1. The van der Waals surface area contributed by atoms with Gasteiger partial charge in [-0.2, -0.15) is 0 Å². The van der Waals surface area contributed by atoms with E-state index >= 15 is 0 Å². The van der Waals surface area contributed by atoms with Gasteiger partial charge in [0.2, 0.25) is 0 Å². The third kappa shape index (κ3) is 8.44. The minimum absolute atomic E-state index is 0.725. The van der Waals surface area contributed by atoms with E-state index in [1.807, 2.05) is 36.7 Å². The van der Waals surface area contributed by atoms with Gasteiger partial charge in [0.25, 0.3) is 0 Å². The van der Waals surface area contributed by atoms with Crippen molar-refractivity contribution in [3.05, 3.63) is 78.8 Å². The molecule has 2 aromatic carbocycles. The van der Waals surface area contributed by atoms with Crippen molar-refractivity contribution in [2.24, 2.45) is 5.92 Å². The molecule has 0 aliphatic heterocycles.